The lowest BCUT2D eigenvalue weighted by Crippen LogP contribution is -2.05. The Bertz CT molecular complexity index is 737. The highest BCUT2D eigenvalue weighted by atomic mass is 79.9. The number of unbranched alkanes of at least 4 members (excludes halogenated alkanes) is 7. The van der Waals surface area contributed by atoms with Crippen molar-refractivity contribution < 1.29 is 9.59 Å². The molecule has 0 fully saturated rings. The summed E-state index contributed by atoms with van der Waals surface area (Å²) < 4.78 is 0.679. The summed E-state index contributed by atoms with van der Waals surface area (Å²) in [6.07, 6.45) is 10.4. The average molecular weight is 429 g/mol. The number of carbonyl (C=O) groups excluding carboxylic acids is 2. The quantitative estimate of drug-likeness (QED) is 0.260. The van der Waals surface area contributed by atoms with Crippen molar-refractivity contribution in [2.24, 2.45) is 0 Å². The molecule has 144 valence electrons. The fourth-order valence-electron chi connectivity index (χ4n) is 3.18. The molecular formula is C24H29BrO2. The molecule has 2 rings (SSSR count). The van der Waals surface area contributed by atoms with Gasteiger partial charge in [0.1, 0.15) is 0 Å². The monoisotopic (exact) mass is 428 g/mol. The van der Waals surface area contributed by atoms with Gasteiger partial charge in [-0.3, -0.25) is 9.59 Å². The van der Waals surface area contributed by atoms with Crippen LogP contribution in [0.2, 0.25) is 0 Å². The van der Waals surface area contributed by atoms with Crippen molar-refractivity contribution in [2.45, 2.75) is 64.7 Å². The largest absolute Gasteiger partial charge is 0.294 e. The van der Waals surface area contributed by atoms with E-state index in [0.29, 0.717) is 27.6 Å². The number of benzene rings is 2. The molecule has 2 aromatic rings. The van der Waals surface area contributed by atoms with Crippen LogP contribution in [-0.4, -0.2) is 11.6 Å². The van der Waals surface area contributed by atoms with Gasteiger partial charge in [-0.2, -0.15) is 0 Å². The molecule has 0 saturated heterocycles. The minimum absolute atomic E-state index is 0.0375. The Hall–Kier alpha value is -1.74. The van der Waals surface area contributed by atoms with Gasteiger partial charge in [0.25, 0.3) is 0 Å². The molecule has 2 nitrogen and oxygen atoms in total. The van der Waals surface area contributed by atoms with Crippen LogP contribution in [0, 0.1) is 0 Å². The van der Waals surface area contributed by atoms with Crippen LogP contribution >= 0.6 is 15.9 Å². The molecule has 0 heterocycles. The van der Waals surface area contributed by atoms with Gasteiger partial charge in [-0.15, -0.1) is 0 Å². The van der Waals surface area contributed by atoms with Gasteiger partial charge >= 0.3 is 0 Å². The molecule has 0 saturated carbocycles. The van der Waals surface area contributed by atoms with Crippen molar-refractivity contribution in [1.82, 2.24) is 0 Å². The first kappa shape index (κ1) is 21.6. The lowest BCUT2D eigenvalue weighted by atomic mass is 9.99. The van der Waals surface area contributed by atoms with Crippen molar-refractivity contribution >= 4 is 27.5 Å². The predicted octanol–water partition coefficient (Wildman–Crippen LogP) is 7.39. The first-order valence-electron chi connectivity index (χ1n) is 10.1. The van der Waals surface area contributed by atoms with Crippen molar-refractivity contribution in [3.8, 4) is 0 Å². The number of ketones is 2. The molecule has 0 aliphatic heterocycles. The Morgan fingerprint density at radius 2 is 1.41 bits per heavy atom. The summed E-state index contributed by atoms with van der Waals surface area (Å²) in [6, 6.07) is 14.5. The van der Waals surface area contributed by atoms with Gasteiger partial charge < -0.3 is 0 Å². The lowest BCUT2D eigenvalue weighted by molar-refractivity contribution is 0.0976. The maximum absolute atomic E-state index is 12.6. The first-order valence-corrected chi connectivity index (χ1v) is 10.8. The summed E-state index contributed by atoms with van der Waals surface area (Å²) in [4.78, 5) is 25.0. The van der Waals surface area contributed by atoms with Crippen LogP contribution in [0.3, 0.4) is 0 Å². The van der Waals surface area contributed by atoms with Gasteiger partial charge in [0.2, 0.25) is 0 Å². The Labute approximate surface area is 171 Å². The predicted molar refractivity (Wildman–Crippen MR) is 116 cm³/mol. The second kappa shape index (κ2) is 11.9. The number of hydrogen-bond acceptors (Lipinski definition) is 2. The van der Waals surface area contributed by atoms with Crippen LogP contribution in [-0.2, 0) is 0 Å². The highest BCUT2D eigenvalue weighted by molar-refractivity contribution is 9.10. The van der Waals surface area contributed by atoms with E-state index in [9.17, 15) is 9.59 Å². The van der Waals surface area contributed by atoms with Crippen LogP contribution in [0.25, 0.3) is 0 Å². The fraction of sp³-hybridized carbons (Fsp3) is 0.417. The van der Waals surface area contributed by atoms with Gasteiger partial charge in [0.05, 0.1) is 0 Å². The van der Waals surface area contributed by atoms with E-state index in [1.165, 1.54) is 38.5 Å². The zero-order chi connectivity index (χ0) is 19.5. The number of rotatable bonds is 12. The molecule has 27 heavy (non-hydrogen) atoms. The normalized spacial score (nSPS) is 10.7. The third-order valence-electron chi connectivity index (χ3n) is 4.83. The van der Waals surface area contributed by atoms with Crippen molar-refractivity contribution in [3.05, 3.63) is 69.7 Å². The molecule has 0 radical (unpaired) electrons. The molecular weight excluding hydrogens is 400 g/mol. The first-order chi connectivity index (χ1) is 13.1. The standard InChI is InChI=1S/C24H29BrO2/c1-2-3-4-5-6-7-8-12-15-23(26)20-16-17-21(22(25)18-20)24(27)19-13-10-9-11-14-19/h9-11,13-14,16-18H,2-8,12,15H2,1H3. The zero-order valence-corrected chi connectivity index (χ0v) is 17.8. The molecule has 0 aliphatic carbocycles. The van der Waals surface area contributed by atoms with Crippen LogP contribution in [0.4, 0.5) is 0 Å². The zero-order valence-electron chi connectivity index (χ0n) is 16.2. The van der Waals surface area contributed by atoms with Crippen LogP contribution in [0.1, 0.15) is 91.0 Å². The Morgan fingerprint density at radius 1 is 0.778 bits per heavy atom. The Kier molecular flexibility index (Phi) is 9.47. The third kappa shape index (κ3) is 7.06. The molecule has 0 N–H and O–H groups in total. The van der Waals surface area contributed by atoms with E-state index in [1.807, 2.05) is 18.2 Å². The summed E-state index contributed by atoms with van der Waals surface area (Å²) in [5.41, 5.74) is 1.91. The van der Waals surface area contributed by atoms with E-state index in [0.717, 1.165) is 12.8 Å². The van der Waals surface area contributed by atoms with Gasteiger partial charge in [-0.05, 0) is 18.6 Å². The van der Waals surface area contributed by atoms with Crippen molar-refractivity contribution in [3.63, 3.8) is 0 Å². The van der Waals surface area contributed by atoms with Crippen LogP contribution < -0.4 is 0 Å². The van der Waals surface area contributed by atoms with Gasteiger partial charge in [-0.25, -0.2) is 0 Å². The van der Waals surface area contributed by atoms with Crippen molar-refractivity contribution in [1.29, 1.82) is 0 Å². The number of hydrogen-bond donors (Lipinski definition) is 0. The van der Waals surface area contributed by atoms with E-state index in [1.54, 1.807) is 30.3 Å². The van der Waals surface area contributed by atoms with Gasteiger partial charge in [-0.1, -0.05) is 104 Å². The van der Waals surface area contributed by atoms with E-state index in [-0.39, 0.29) is 11.6 Å². The summed E-state index contributed by atoms with van der Waals surface area (Å²) in [5, 5.41) is 0. The molecule has 0 spiro atoms. The highest BCUT2D eigenvalue weighted by Gasteiger charge is 2.14. The SMILES string of the molecule is CCCCCCCCCCC(=O)c1ccc(C(=O)c2ccccc2)c(Br)c1. The lowest BCUT2D eigenvalue weighted by Gasteiger charge is -2.07. The number of Topliss-reactive ketones (excluding diaryl/α,β-unsaturated/α-hetero) is 1. The summed E-state index contributed by atoms with van der Waals surface area (Å²) in [6.45, 7) is 2.23. The highest BCUT2D eigenvalue weighted by Crippen LogP contribution is 2.23. The molecule has 0 unspecified atom stereocenters. The maximum Gasteiger partial charge on any atom is 0.194 e. The van der Waals surface area contributed by atoms with Crippen LogP contribution in [0.15, 0.2) is 53.0 Å². The molecule has 0 atom stereocenters. The summed E-state index contributed by atoms with van der Waals surface area (Å²) >= 11 is 3.46. The topological polar surface area (TPSA) is 34.1 Å². The summed E-state index contributed by atoms with van der Waals surface area (Å²) in [7, 11) is 0. The average Bonchev–Trinajstić information content (AvgIpc) is 2.70. The Balaban J connectivity index is 1.82. The van der Waals surface area contributed by atoms with E-state index in [4.69, 9.17) is 0 Å². The molecule has 0 amide bonds. The minimum Gasteiger partial charge on any atom is -0.294 e. The molecule has 2 aromatic carbocycles. The minimum atomic E-state index is -0.0375. The smallest absolute Gasteiger partial charge is 0.194 e. The molecule has 0 aliphatic rings. The maximum atomic E-state index is 12.6. The van der Waals surface area contributed by atoms with E-state index < -0.39 is 0 Å². The molecule has 0 aromatic heterocycles. The van der Waals surface area contributed by atoms with E-state index in [2.05, 4.69) is 22.9 Å². The Morgan fingerprint density at radius 3 is 2.04 bits per heavy atom. The van der Waals surface area contributed by atoms with Gasteiger partial charge in [0, 0.05) is 27.6 Å². The van der Waals surface area contributed by atoms with E-state index >= 15 is 0 Å². The second-order valence-corrected chi connectivity index (χ2v) is 7.89. The third-order valence-corrected chi connectivity index (χ3v) is 5.49. The second-order valence-electron chi connectivity index (χ2n) is 7.04. The molecule has 3 heteroatoms. The van der Waals surface area contributed by atoms with Gasteiger partial charge in [0.15, 0.2) is 11.6 Å². The number of carbonyl (C=O) groups is 2. The van der Waals surface area contributed by atoms with Crippen LogP contribution in [0.5, 0.6) is 0 Å². The molecule has 0 bridgehead atoms. The fourth-order valence-corrected chi connectivity index (χ4v) is 3.74. The summed E-state index contributed by atoms with van der Waals surface area (Å²) in [5.74, 6) is 0.116. The number of halogens is 1. The van der Waals surface area contributed by atoms with Crippen molar-refractivity contribution in [2.75, 3.05) is 0 Å².